The molecule has 0 aromatic heterocycles. The van der Waals surface area contributed by atoms with Crippen molar-refractivity contribution in [3.63, 3.8) is 0 Å². The van der Waals surface area contributed by atoms with Gasteiger partial charge in [-0.3, -0.25) is 4.79 Å². The number of rotatable bonds is 5. The predicted octanol–water partition coefficient (Wildman–Crippen LogP) is 2.00. The van der Waals surface area contributed by atoms with E-state index in [9.17, 15) is 4.79 Å². The first-order valence-corrected chi connectivity index (χ1v) is 6.59. The molecule has 1 unspecified atom stereocenters. The average Bonchev–Trinajstić information content (AvgIpc) is 2.29. The van der Waals surface area contributed by atoms with Gasteiger partial charge >= 0.3 is 0 Å². The first-order valence-electron chi connectivity index (χ1n) is 6.18. The zero-order valence-corrected chi connectivity index (χ0v) is 10.8. The fraction of sp³-hybridized carbons (Fsp3) is 0.833. The van der Waals surface area contributed by atoms with Crippen LogP contribution in [0.2, 0.25) is 0 Å². The number of carbonyl (C=O) groups is 1. The van der Waals surface area contributed by atoms with Gasteiger partial charge in [0.1, 0.15) is 0 Å². The summed E-state index contributed by atoms with van der Waals surface area (Å²) in [6.07, 6.45) is 7.81. The molecule has 0 saturated heterocycles. The fourth-order valence-corrected chi connectivity index (χ4v) is 2.26. The number of hydrogen-bond acceptors (Lipinski definition) is 2. The highest BCUT2D eigenvalue weighted by Gasteiger charge is 2.16. The maximum absolute atomic E-state index is 11.5. The Morgan fingerprint density at radius 1 is 1.44 bits per heavy atom. The molecule has 0 aromatic carbocycles. The van der Waals surface area contributed by atoms with Gasteiger partial charge in [-0.1, -0.05) is 44.3 Å². The van der Waals surface area contributed by atoms with Crippen LogP contribution in [0.4, 0.5) is 0 Å². The Morgan fingerprint density at radius 3 is 2.62 bits per heavy atom. The van der Waals surface area contributed by atoms with E-state index in [-0.39, 0.29) is 16.8 Å². The largest absolute Gasteiger partial charge is 0.393 e. The smallest absolute Gasteiger partial charge is 0.229 e. The molecule has 1 amide bonds. The molecule has 0 heterocycles. The molecule has 0 spiro atoms. The van der Waals surface area contributed by atoms with Gasteiger partial charge in [0.2, 0.25) is 5.91 Å². The molecule has 0 aromatic rings. The van der Waals surface area contributed by atoms with Gasteiger partial charge in [0, 0.05) is 6.54 Å². The van der Waals surface area contributed by atoms with Gasteiger partial charge < -0.3 is 11.1 Å². The SMILES string of the molecule is CC(C(=O)NCCC1CCCCC1)C(N)=S. The van der Waals surface area contributed by atoms with Gasteiger partial charge in [-0.15, -0.1) is 0 Å². The quantitative estimate of drug-likeness (QED) is 0.725. The Morgan fingerprint density at radius 2 is 2.06 bits per heavy atom. The summed E-state index contributed by atoms with van der Waals surface area (Å²) in [6, 6.07) is 0. The number of thiocarbonyl (C=S) groups is 1. The maximum Gasteiger partial charge on any atom is 0.229 e. The summed E-state index contributed by atoms with van der Waals surface area (Å²) in [7, 11) is 0. The van der Waals surface area contributed by atoms with E-state index in [0.717, 1.165) is 18.9 Å². The van der Waals surface area contributed by atoms with Gasteiger partial charge in [0.25, 0.3) is 0 Å². The van der Waals surface area contributed by atoms with E-state index >= 15 is 0 Å². The topological polar surface area (TPSA) is 55.1 Å². The highest BCUT2D eigenvalue weighted by molar-refractivity contribution is 7.80. The minimum atomic E-state index is -0.346. The van der Waals surface area contributed by atoms with Crippen LogP contribution in [0.5, 0.6) is 0 Å². The Bertz CT molecular complexity index is 249. The van der Waals surface area contributed by atoms with E-state index in [1.54, 1.807) is 6.92 Å². The van der Waals surface area contributed by atoms with Crippen molar-refractivity contribution in [3.05, 3.63) is 0 Å². The van der Waals surface area contributed by atoms with Crippen LogP contribution in [0.1, 0.15) is 45.4 Å². The summed E-state index contributed by atoms with van der Waals surface area (Å²) in [6.45, 7) is 2.51. The summed E-state index contributed by atoms with van der Waals surface area (Å²) in [4.78, 5) is 11.8. The molecule has 1 saturated carbocycles. The van der Waals surface area contributed by atoms with Crippen LogP contribution in [0.3, 0.4) is 0 Å². The summed E-state index contributed by atoms with van der Waals surface area (Å²) < 4.78 is 0. The molecule has 0 radical (unpaired) electrons. The van der Waals surface area contributed by atoms with Crippen molar-refractivity contribution in [2.45, 2.75) is 45.4 Å². The van der Waals surface area contributed by atoms with Crippen molar-refractivity contribution in [2.24, 2.45) is 17.6 Å². The van der Waals surface area contributed by atoms with Crippen LogP contribution in [-0.4, -0.2) is 17.4 Å². The third kappa shape index (κ3) is 4.47. The van der Waals surface area contributed by atoms with Crippen molar-refractivity contribution < 1.29 is 4.79 Å². The lowest BCUT2D eigenvalue weighted by atomic mass is 9.87. The second-order valence-corrected chi connectivity index (χ2v) is 5.18. The molecular weight excluding hydrogens is 220 g/mol. The van der Waals surface area contributed by atoms with Crippen LogP contribution < -0.4 is 11.1 Å². The molecule has 1 atom stereocenters. The van der Waals surface area contributed by atoms with Crippen molar-refractivity contribution in [1.82, 2.24) is 5.32 Å². The summed E-state index contributed by atoms with van der Waals surface area (Å²) in [5, 5.41) is 2.90. The Labute approximate surface area is 103 Å². The highest BCUT2D eigenvalue weighted by Crippen LogP contribution is 2.25. The van der Waals surface area contributed by atoms with Crippen molar-refractivity contribution in [3.8, 4) is 0 Å². The highest BCUT2D eigenvalue weighted by atomic mass is 32.1. The lowest BCUT2D eigenvalue weighted by Gasteiger charge is -2.21. The van der Waals surface area contributed by atoms with E-state index < -0.39 is 0 Å². The van der Waals surface area contributed by atoms with Gasteiger partial charge in [-0.05, 0) is 19.3 Å². The molecular formula is C12H22N2OS. The van der Waals surface area contributed by atoms with Crippen molar-refractivity contribution >= 4 is 23.1 Å². The van der Waals surface area contributed by atoms with Crippen LogP contribution in [0.25, 0.3) is 0 Å². The average molecular weight is 242 g/mol. The lowest BCUT2D eigenvalue weighted by molar-refractivity contribution is -0.122. The molecule has 1 aliphatic carbocycles. The van der Waals surface area contributed by atoms with Crippen molar-refractivity contribution in [2.75, 3.05) is 6.54 Å². The molecule has 3 N–H and O–H groups in total. The molecule has 3 nitrogen and oxygen atoms in total. The molecule has 92 valence electrons. The Kier molecular flexibility index (Phi) is 5.74. The Balaban J connectivity index is 2.14. The lowest BCUT2D eigenvalue weighted by Crippen LogP contribution is -2.37. The molecule has 1 fully saturated rings. The van der Waals surface area contributed by atoms with Gasteiger partial charge in [0.15, 0.2) is 0 Å². The standard InChI is InChI=1S/C12H22N2OS/c1-9(11(13)16)12(15)14-8-7-10-5-3-2-4-6-10/h9-10H,2-8H2,1H3,(H2,13,16)(H,14,15). The zero-order chi connectivity index (χ0) is 12.0. The van der Waals surface area contributed by atoms with E-state index in [4.69, 9.17) is 18.0 Å². The number of hydrogen-bond donors (Lipinski definition) is 2. The van der Waals surface area contributed by atoms with Crippen LogP contribution in [0, 0.1) is 11.8 Å². The normalized spacial score (nSPS) is 19.1. The summed E-state index contributed by atoms with van der Waals surface area (Å²) in [5.74, 6) is 0.416. The second kappa shape index (κ2) is 6.84. The van der Waals surface area contributed by atoms with E-state index in [1.807, 2.05) is 0 Å². The third-order valence-corrected chi connectivity index (χ3v) is 3.75. The first-order chi connectivity index (χ1) is 7.61. The van der Waals surface area contributed by atoms with Gasteiger partial charge in [-0.25, -0.2) is 0 Å². The monoisotopic (exact) mass is 242 g/mol. The van der Waals surface area contributed by atoms with Crippen LogP contribution >= 0.6 is 12.2 Å². The molecule has 16 heavy (non-hydrogen) atoms. The second-order valence-electron chi connectivity index (χ2n) is 4.71. The first kappa shape index (κ1) is 13.4. The third-order valence-electron chi connectivity index (χ3n) is 3.40. The molecule has 0 bridgehead atoms. The maximum atomic E-state index is 11.5. The van der Waals surface area contributed by atoms with E-state index in [1.165, 1.54) is 32.1 Å². The minimum Gasteiger partial charge on any atom is -0.393 e. The van der Waals surface area contributed by atoms with Crippen LogP contribution in [0.15, 0.2) is 0 Å². The molecule has 1 aliphatic rings. The van der Waals surface area contributed by atoms with Gasteiger partial charge in [-0.2, -0.15) is 0 Å². The number of amides is 1. The van der Waals surface area contributed by atoms with E-state index in [0.29, 0.717) is 0 Å². The Hall–Kier alpha value is -0.640. The number of carbonyl (C=O) groups excluding carboxylic acids is 1. The molecule has 1 rings (SSSR count). The minimum absolute atomic E-state index is 0.0386. The summed E-state index contributed by atoms with van der Waals surface area (Å²) >= 11 is 4.79. The number of nitrogens with two attached hydrogens (primary N) is 1. The number of nitrogens with one attached hydrogen (secondary N) is 1. The van der Waals surface area contributed by atoms with Crippen LogP contribution in [-0.2, 0) is 4.79 Å². The molecule has 0 aliphatic heterocycles. The molecule has 4 heteroatoms. The summed E-state index contributed by atoms with van der Waals surface area (Å²) in [5.41, 5.74) is 5.42. The predicted molar refractivity (Wildman–Crippen MR) is 70.2 cm³/mol. The zero-order valence-electron chi connectivity index (χ0n) is 10.00. The van der Waals surface area contributed by atoms with Gasteiger partial charge in [0.05, 0.1) is 10.9 Å². The van der Waals surface area contributed by atoms with Crippen molar-refractivity contribution in [1.29, 1.82) is 0 Å². The van der Waals surface area contributed by atoms with E-state index in [2.05, 4.69) is 5.32 Å². The fourth-order valence-electron chi connectivity index (χ4n) is 2.16.